The van der Waals surface area contributed by atoms with Crippen molar-refractivity contribution in [2.75, 3.05) is 20.3 Å². The SMILES string of the molecule is CCN(Cc1ccc(OC)c(SC(F)(F)F)c1)C(C)(C)CO. The van der Waals surface area contributed by atoms with Gasteiger partial charge < -0.3 is 9.84 Å². The molecule has 0 unspecified atom stereocenters. The van der Waals surface area contributed by atoms with Crippen LogP contribution in [0.25, 0.3) is 0 Å². The molecular formula is C15H22F3NO2S. The Kier molecular flexibility index (Phi) is 6.58. The average molecular weight is 337 g/mol. The summed E-state index contributed by atoms with van der Waals surface area (Å²) < 4.78 is 42.9. The number of nitrogens with zero attached hydrogens (tertiary/aromatic N) is 1. The Hall–Kier alpha value is -0.920. The van der Waals surface area contributed by atoms with Crippen molar-refractivity contribution in [3.63, 3.8) is 0 Å². The first-order chi connectivity index (χ1) is 10.1. The van der Waals surface area contributed by atoms with E-state index in [0.29, 0.717) is 13.1 Å². The molecule has 1 aromatic rings. The summed E-state index contributed by atoms with van der Waals surface area (Å²) in [5.74, 6) is 0.204. The lowest BCUT2D eigenvalue weighted by atomic mass is 10.0. The molecule has 0 aliphatic carbocycles. The van der Waals surface area contributed by atoms with Gasteiger partial charge in [-0.05, 0) is 49.9 Å². The molecule has 0 aliphatic rings. The molecule has 0 saturated heterocycles. The van der Waals surface area contributed by atoms with Crippen molar-refractivity contribution in [3.05, 3.63) is 23.8 Å². The lowest BCUT2D eigenvalue weighted by Gasteiger charge is -2.36. The Balaban J connectivity index is 3.03. The number of hydrogen-bond donors (Lipinski definition) is 1. The molecular weight excluding hydrogens is 315 g/mol. The number of ether oxygens (including phenoxy) is 1. The van der Waals surface area contributed by atoms with Gasteiger partial charge >= 0.3 is 5.51 Å². The highest BCUT2D eigenvalue weighted by Gasteiger charge is 2.31. The third kappa shape index (κ3) is 5.37. The number of alkyl halides is 3. The van der Waals surface area contributed by atoms with Crippen molar-refractivity contribution in [2.45, 2.75) is 43.3 Å². The normalized spacial score (nSPS) is 12.8. The quantitative estimate of drug-likeness (QED) is 0.765. The maximum absolute atomic E-state index is 12.6. The number of benzene rings is 1. The lowest BCUT2D eigenvalue weighted by molar-refractivity contribution is -0.0328. The molecule has 0 atom stereocenters. The van der Waals surface area contributed by atoms with Crippen LogP contribution in [-0.2, 0) is 6.54 Å². The van der Waals surface area contributed by atoms with Gasteiger partial charge in [0, 0.05) is 12.1 Å². The Bertz CT molecular complexity index is 492. The summed E-state index contributed by atoms with van der Waals surface area (Å²) >= 11 is -0.179. The maximum atomic E-state index is 12.6. The van der Waals surface area contributed by atoms with E-state index in [0.717, 1.165) is 5.56 Å². The van der Waals surface area contributed by atoms with Gasteiger partial charge in [0.2, 0.25) is 0 Å². The predicted molar refractivity (Wildman–Crippen MR) is 82.2 cm³/mol. The number of aliphatic hydroxyl groups is 1. The van der Waals surface area contributed by atoms with E-state index in [-0.39, 0.29) is 29.0 Å². The molecule has 126 valence electrons. The number of likely N-dealkylation sites (N-methyl/N-ethyl adjacent to an activating group) is 1. The van der Waals surface area contributed by atoms with Crippen LogP contribution in [0.15, 0.2) is 23.1 Å². The highest BCUT2D eigenvalue weighted by atomic mass is 32.2. The van der Waals surface area contributed by atoms with Crippen molar-refractivity contribution >= 4 is 11.8 Å². The van der Waals surface area contributed by atoms with Gasteiger partial charge in [-0.25, -0.2) is 0 Å². The second-order valence-corrected chi connectivity index (χ2v) is 6.62. The zero-order chi connectivity index (χ0) is 17.0. The van der Waals surface area contributed by atoms with Crippen LogP contribution in [0.1, 0.15) is 26.3 Å². The van der Waals surface area contributed by atoms with E-state index in [2.05, 4.69) is 0 Å². The van der Waals surface area contributed by atoms with Gasteiger partial charge in [0.05, 0.1) is 18.6 Å². The fraction of sp³-hybridized carbons (Fsp3) is 0.600. The Morgan fingerprint density at radius 2 is 1.91 bits per heavy atom. The van der Waals surface area contributed by atoms with E-state index in [1.165, 1.54) is 13.2 Å². The average Bonchev–Trinajstić information content (AvgIpc) is 2.43. The molecule has 0 saturated carbocycles. The molecule has 3 nitrogen and oxygen atoms in total. The number of aliphatic hydroxyl groups excluding tert-OH is 1. The van der Waals surface area contributed by atoms with Crippen LogP contribution in [0.5, 0.6) is 5.75 Å². The van der Waals surface area contributed by atoms with Gasteiger partial charge in [0.25, 0.3) is 0 Å². The summed E-state index contributed by atoms with van der Waals surface area (Å²) in [6.07, 6.45) is 0. The van der Waals surface area contributed by atoms with Gasteiger partial charge in [0.15, 0.2) is 0 Å². The van der Waals surface area contributed by atoms with E-state index < -0.39 is 11.0 Å². The van der Waals surface area contributed by atoms with Crippen molar-refractivity contribution < 1.29 is 23.0 Å². The smallest absolute Gasteiger partial charge is 0.446 e. The second-order valence-electron chi connectivity index (χ2n) is 5.52. The molecule has 1 aromatic carbocycles. The molecule has 1 N–H and O–H groups in total. The van der Waals surface area contributed by atoms with Gasteiger partial charge in [-0.3, -0.25) is 4.90 Å². The number of thioether (sulfide) groups is 1. The Morgan fingerprint density at radius 1 is 1.27 bits per heavy atom. The van der Waals surface area contributed by atoms with E-state index >= 15 is 0 Å². The zero-order valence-corrected chi connectivity index (χ0v) is 14.0. The van der Waals surface area contributed by atoms with Crippen molar-refractivity contribution in [2.24, 2.45) is 0 Å². The first-order valence-electron chi connectivity index (χ1n) is 6.91. The van der Waals surface area contributed by atoms with Gasteiger partial charge in [-0.1, -0.05) is 13.0 Å². The molecule has 0 bridgehead atoms. The summed E-state index contributed by atoms with van der Waals surface area (Å²) in [6.45, 7) is 6.85. The number of rotatable bonds is 7. The monoisotopic (exact) mass is 337 g/mol. The zero-order valence-electron chi connectivity index (χ0n) is 13.2. The number of halogens is 3. The second kappa shape index (κ2) is 7.57. The van der Waals surface area contributed by atoms with Crippen LogP contribution in [0, 0.1) is 0 Å². The molecule has 0 spiro atoms. The first-order valence-corrected chi connectivity index (χ1v) is 7.73. The maximum Gasteiger partial charge on any atom is 0.446 e. The Labute approximate surface area is 133 Å². The minimum Gasteiger partial charge on any atom is -0.496 e. The summed E-state index contributed by atoms with van der Waals surface area (Å²) in [4.78, 5) is 2.06. The van der Waals surface area contributed by atoms with E-state index in [1.807, 2.05) is 25.7 Å². The molecule has 0 aliphatic heterocycles. The molecule has 7 heteroatoms. The summed E-state index contributed by atoms with van der Waals surface area (Å²) in [7, 11) is 1.35. The summed E-state index contributed by atoms with van der Waals surface area (Å²) in [5.41, 5.74) is -4.05. The van der Waals surface area contributed by atoms with Crippen LogP contribution >= 0.6 is 11.8 Å². The van der Waals surface area contributed by atoms with E-state index in [1.54, 1.807) is 12.1 Å². The van der Waals surface area contributed by atoms with Gasteiger partial charge in [-0.15, -0.1) is 0 Å². The fourth-order valence-corrected chi connectivity index (χ4v) is 2.81. The minimum atomic E-state index is -4.36. The molecule has 1 rings (SSSR count). The van der Waals surface area contributed by atoms with Crippen molar-refractivity contribution in [3.8, 4) is 5.75 Å². The first kappa shape index (κ1) is 19.1. The van der Waals surface area contributed by atoms with E-state index in [4.69, 9.17) is 4.74 Å². The standard InChI is InChI=1S/C15H22F3NO2S/c1-5-19(14(2,3)10-20)9-11-6-7-12(21-4)13(8-11)22-15(16,17)18/h6-8,20H,5,9-10H2,1-4H3. The topological polar surface area (TPSA) is 32.7 Å². The third-order valence-corrected chi connectivity index (χ3v) is 4.22. The molecule has 22 heavy (non-hydrogen) atoms. The highest BCUT2D eigenvalue weighted by molar-refractivity contribution is 8.00. The predicted octanol–water partition coefficient (Wildman–Crippen LogP) is 3.90. The largest absolute Gasteiger partial charge is 0.496 e. The minimum absolute atomic E-state index is 0.0266. The molecule has 0 radical (unpaired) electrons. The van der Waals surface area contributed by atoms with Crippen LogP contribution in [-0.4, -0.2) is 41.3 Å². The third-order valence-electron chi connectivity index (χ3n) is 3.45. The van der Waals surface area contributed by atoms with Gasteiger partial charge in [-0.2, -0.15) is 13.2 Å². The fourth-order valence-electron chi connectivity index (χ4n) is 2.10. The number of methoxy groups -OCH3 is 1. The van der Waals surface area contributed by atoms with Crippen LogP contribution < -0.4 is 4.74 Å². The van der Waals surface area contributed by atoms with Crippen LogP contribution in [0.2, 0.25) is 0 Å². The van der Waals surface area contributed by atoms with Crippen molar-refractivity contribution in [1.29, 1.82) is 0 Å². The van der Waals surface area contributed by atoms with E-state index in [9.17, 15) is 18.3 Å². The van der Waals surface area contributed by atoms with Crippen LogP contribution in [0.4, 0.5) is 13.2 Å². The number of hydrogen-bond acceptors (Lipinski definition) is 4. The summed E-state index contributed by atoms with van der Waals surface area (Å²) in [5, 5.41) is 9.45. The van der Waals surface area contributed by atoms with Gasteiger partial charge in [0.1, 0.15) is 5.75 Å². The highest BCUT2D eigenvalue weighted by Crippen LogP contribution is 2.41. The lowest BCUT2D eigenvalue weighted by Crippen LogP contribution is -2.46. The Morgan fingerprint density at radius 3 is 2.36 bits per heavy atom. The molecule has 0 aromatic heterocycles. The molecule has 0 amide bonds. The molecule has 0 fully saturated rings. The molecule has 0 heterocycles. The van der Waals surface area contributed by atoms with Crippen molar-refractivity contribution in [1.82, 2.24) is 4.90 Å². The summed E-state index contributed by atoms with van der Waals surface area (Å²) in [6, 6.07) is 4.78. The van der Waals surface area contributed by atoms with Crippen LogP contribution in [0.3, 0.4) is 0 Å².